The first-order valence-electron chi connectivity index (χ1n) is 5.94. The summed E-state index contributed by atoms with van der Waals surface area (Å²) in [6, 6.07) is 7.43. The molecule has 0 aliphatic rings. The lowest BCUT2D eigenvalue weighted by molar-refractivity contribution is -0.121. The number of carbonyl (C=O) groups excluding carboxylic acids is 1. The average Bonchev–Trinajstić information content (AvgIpc) is 2.34. The molecule has 1 aromatic rings. The first kappa shape index (κ1) is 13.4. The van der Waals surface area contributed by atoms with Crippen LogP contribution in [0.25, 0.3) is 0 Å². The Morgan fingerprint density at radius 2 is 2.24 bits per heavy atom. The fraction of sp³-hybridized carbons (Fsp3) is 0.462. The van der Waals surface area contributed by atoms with Gasteiger partial charge in [-0.15, -0.1) is 0 Å². The van der Waals surface area contributed by atoms with E-state index in [0.717, 1.165) is 18.7 Å². The highest BCUT2D eigenvalue weighted by atomic mass is 16.2. The van der Waals surface area contributed by atoms with Gasteiger partial charge in [-0.2, -0.15) is 0 Å². The normalized spacial score (nSPS) is 11.9. The molecule has 1 atom stereocenters. The van der Waals surface area contributed by atoms with E-state index in [9.17, 15) is 4.79 Å². The van der Waals surface area contributed by atoms with Crippen LogP contribution in [0.1, 0.15) is 20.3 Å². The van der Waals surface area contributed by atoms with E-state index < -0.39 is 0 Å². The number of nitrogens with one attached hydrogen (secondary N) is 1. The minimum atomic E-state index is -0.193. The van der Waals surface area contributed by atoms with Crippen LogP contribution in [0.15, 0.2) is 24.3 Å². The fourth-order valence-electron chi connectivity index (χ4n) is 1.84. The van der Waals surface area contributed by atoms with Crippen molar-refractivity contribution in [1.29, 1.82) is 0 Å². The molecule has 1 rings (SSSR count). The summed E-state index contributed by atoms with van der Waals surface area (Å²) in [6.45, 7) is 4.82. The molecule has 3 N–H and O–H groups in total. The largest absolute Gasteiger partial charge is 0.399 e. The zero-order valence-corrected chi connectivity index (χ0v) is 10.7. The van der Waals surface area contributed by atoms with Gasteiger partial charge in [0.2, 0.25) is 5.91 Å². The number of amides is 1. The highest BCUT2D eigenvalue weighted by Gasteiger charge is 2.19. The maximum Gasteiger partial charge on any atom is 0.242 e. The van der Waals surface area contributed by atoms with Crippen LogP contribution in [-0.2, 0) is 4.79 Å². The Kier molecular flexibility index (Phi) is 4.82. The van der Waals surface area contributed by atoms with Gasteiger partial charge in [0.25, 0.3) is 0 Å². The standard InChI is InChI=1S/C13H21N3O/c1-4-8-16(10(2)13(17)15-3)12-7-5-6-11(14)9-12/h5-7,9-10H,4,8,14H2,1-3H3,(H,15,17). The molecule has 1 amide bonds. The molecular formula is C13H21N3O. The molecule has 0 fully saturated rings. The number of likely N-dealkylation sites (N-methyl/N-ethyl adjacent to an activating group) is 1. The molecule has 1 unspecified atom stereocenters. The molecule has 0 radical (unpaired) electrons. The van der Waals surface area contributed by atoms with Crippen LogP contribution >= 0.6 is 0 Å². The van der Waals surface area contributed by atoms with E-state index in [-0.39, 0.29) is 11.9 Å². The Morgan fingerprint density at radius 1 is 1.53 bits per heavy atom. The summed E-state index contributed by atoms with van der Waals surface area (Å²) >= 11 is 0. The molecule has 94 valence electrons. The third-order valence-corrected chi connectivity index (χ3v) is 2.76. The minimum Gasteiger partial charge on any atom is -0.399 e. The first-order chi connectivity index (χ1) is 8.10. The van der Waals surface area contributed by atoms with Gasteiger partial charge in [0.05, 0.1) is 0 Å². The second-order valence-corrected chi connectivity index (χ2v) is 4.08. The van der Waals surface area contributed by atoms with Gasteiger partial charge in [-0.3, -0.25) is 4.79 Å². The van der Waals surface area contributed by atoms with Crippen molar-refractivity contribution in [3.8, 4) is 0 Å². The van der Waals surface area contributed by atoms with Crippen LogP contribution < -0.4 is 16.0 Å². The summed E-state index contributed by atoms with van der Waals surface area (Å²) in [4.78, 5) is 13.8. The average molecular weight is 235 g/mol. The Labute approximate surface area is 103 Å². The number of hydrogen-bond donors (Lipinski definition) is 2. The summed E-state index contributed by atoms with van der Waals surface area (Å²) in [6.07, 6.45) is 0.982. The maximum atomic E-state index is 11.7. The third-order valence-electron chi connectivity index (χ3n) is 2.76. The molecule has 0 aliphatic carbocycles. The predicted octanol–water partition coefficient (Wildman–Crippen LogP) is 1.62. The van der Waals surface area contributed by atoms with E-state index in [2.05, 4.69) is 17.1 Å². The van der Waals surface area contributed by atoms with Crippen molar-refractivity contribution in [3.63, 3.8) is 0 Å². The van der Waals surface area contributed by atoms with Crippen LogP contribution in [-0.4, -0.2) is 25.5 Å². The van der Waals surface area contributed by atoms with Gasteiger partial charge in [-0.1, -0.05) is 13.0 Å². The Hall–Kier alpha value is -1.71. The maximum absolute atomic E-state index is 11.7. The molecule has 0 saturated carbocycles. The van der Waals surface area contributed by atoms with Crippen LogP contribution in [0.2, 0.25) is 0 Å². The second kappa shape index (κ2) is 6.13. The summed E-state index contributed by atoms with van der Waals surface area (Å²) in [7, 11) is 1.66. The quantitative estimate of drug-likeness (QED) is 0.762. The second-order valence-electron chi connectivity index (χ2n) is 4.08. The minimum absolute atomic E-state index is 0.0147. The zero-order valence-electron chi connectivity index (χ0n) is 10.7. The van der Waals surface area contributed by atoms with E-state index in [1.54, 1.807) is 7.05 Å². The smallest absolute Gasteiger partial charge is 0.242 e. The lowest BCUT2D eigenvalue weighted by atomic mass is 10.2. The number of rotatable bonds is 5. The van der Waals surface area contributed by atoms with Gasteiger partial charge in [-0.25, -0.2) is 0 Å². The summed E-state index contributed by atoms with van der Waals surface area (Å²) in [5.41, 5.74) is 7.48. The molecule has 0 heterocycles. The van der Waals surface area contributed by atoms with Crippen molar-refractivity contribution in [2.75, 3.05) is 24.2 Å². The molecule has 0 spiro atoms. The number of nitrogens with zero attached hydrogens (tertiary/aromatic N) is 1. The van der Waals surface area contributed by atoms with Gasteiger partial charge in [0.15, 0.2) is 0 Å². The number of hydrogen-bond acceptors (Lipinski definition) is 3. The molecule has 0 bridgehead atoms. The molecule has 17 heavy (non-hydrogen) atoms. The zero-order chi connectivity index (χ0) is 12.8. The van der Waals surface area contributed by atoms with Gasteiger partial charge in [0.1, 0.15) is 6.04 Å². The summed E-state index contributed by atoms with van der Waals surface area (Å²) in [5.74, 6) is 0.0147. The van der Waals surface area contributed by atoms with Crippen molar-refractivity contribution >= 4 is 17.3 Å². The molecule has 0 aromatic heterocycles. The van der Waals surface area contributed by atoms with E-state index in [1.165, 1.54) is 0 Å². The van der Waals surface area contributed by atoms with E-state index in [4.69, 9.17) is 5.73 Å². The van der Waals surface area contributed by atoms with Gasteiger partial charge in [-0.05, 0) is 31.5 Å². The van der Waals surface area contributed by atoms with Crippen molar-refractivity contribution in [2.24, 2.45) is 0 Å². The van der Waals surface area contributed by atoms with Crippen molar-refractivity contribution < 1.29 is 4.79 Å². The number of carbonyl (C=O) groups is 1. The van der Waals surface area contributed by atoms with E-state index in [1.807, 2.05) is 31.2 Å². The van der Waals surface area contributed by atoms with E-state index >= 15 is 0 Å². The molecule has 0 saturated heterocycles. The van der Waals surface area contributed by atoms with Crippen LogP contribution in [0.3, 0.4) is 0 Å². The monoisotopic (exact) mass is 235 g/mol. The highest BCUT2D eigenvalue weighted by Crippen LogP contribution is 2.20. The number of nitrogens with two attached hydrogens (primary N) is 1. The molecule has 4 heteroatoms. The number of benzene rings is 1. The lowest BCUT2D eigenvalue weighted by Gasteiger charge is -2.30. The van der Waals surface area contributed by atoms with Gasteiger partial charge < -0.3 is 16.0 Å². The molecule has 4 nitrogen and oxygen atoms in total. The van der Waals surface area contributed by atoms with Gasteiger partial charge >= 0.3 is 0 Å². The molecule has 0 aliphatic heterocycles. The predicted molar refractivity (Wildman–Crippen MR) is 72.0 cm³/mol. The van der Waals surface area contributed by atoms with Crippen LogP contribution in [0, 0.1) is 0 Å². The topological polar surface area (TPSA) is 58.4 Å². The Morgan fingerprint density at radius 3 is 2.76 bits per heavy atom. The van der Waals surface area contributed by atoms with Crippen molar-refractivity contribution in [3.05, 3.63) is 24.3 Å². The third kappa shape index (κ3) is 3.37. The molecular weight excluding hydrogens is 214 g/mol. The van der Waals surface area contributed by atoms with E-state index in [0.29, 0.717) is 5.69 Å². The van der Waals surface area contributed by atoms with Gasteiger partial charge in [0, 0.05) is 25.0 Å². The Balaban J connectivity index is 2.96. The van der Waals surface area contributed by atoms with Crippen LogP contribution in [0.5, 0.6) is 0 Å². The lowest BCUT2D eigenvalue weighted by Crippen LogP contribution is -2.44. The molecule has 1 aromatic carbocycles. The number of anilines is 2. The SMILES string of the molecule is CCCN(c1cccc(N)c1)C(C)C(=O)NC. The van der Waals surface area contributed by atoms with Crippen molar-refractivity contribution in [2.45, 2.75) is 26.3 Å². The first-order valence-corrected chi connectivity index (χ1v) is 5.94. The van der Waals surface area contributed by atoms with Crippen LogP contribution in [0.4, 0.5) is 11.4 Å². The summed E-state index contributed by atoms with van der Waals surface area (Å²) in [5, 5.41) is 2.68. The number of nitrogen functional groups attached to an aromatic ring is 1. The Bertz CT molecular complexity index is 379. The van der Waals surface area contributed by atoms with Crippen molar-refractivity contribution in [1.82, 2.24) is 5.32 Å². The summed E-state index contributed by atoms with van der Waals surface area (Å²) < 4.78 is 0. The highest BCUT2D eigenvalue weighted by molar-refractivity contribution is 5.84. The fourth-order valence-corrected chi connectivity index (χ4v) is 1.84.